The zero-order chi connectivity index (χ0) is 12.6. The van der Waals surface area contributed by atoms with Crippen molar-refractivity contribution in [3.63, 3.8) is 0 Å². The third kappa shape index (κ3) is 1.91. The standard InChI is InChI=1S/C10H12O7/c11-5-6(12)8(14)17-10(3-1-2-4-10)9(15)16-7(5)13/h5-6,11-12H,1-4H2. The second-order valence-electron chi connectivity index (χ2n) is 4.22. The fourth-order valence-corrected chi connectivity index (χ4v) is 2.05. The molecule has 1 saturated carbocycles. The SMILES string of the molecule is O=C1OC(=O)C2(CCCC2)OC(=O)C(O)C1O. The second kappa shape index (κ2) is 4.08. The van der Waals surface area contributed by atoms with Crippen LogP contribution in [0.4, 0.5) is 0 Å². The fourth-order valence-electron chi connectivity index (χ4n) is 2.05. The van der Waals surface area contributed by atoms with Crippen molar-refractivity contribution in [3.8, 4) is 0 Å². The first-order valence-electron chi connectivity index (χ1n) is 5.31. The Morgan fingerprint density at radius 2 is 1.53 bits per heavy atom. The molecular weight excluding hydrogens is 232 g/mol. The molecule has 94 valence electrons. The van der Waals surface area contributed by atoms with E-state index in [-0.39, 0.29) is 12.8 Å². The summed E-state index contributed by atoms with van der Waals surface area (Å²) in [6, 6.07) is 0. The van der Waals surface area contributed by atoms with Crippen LogP contribution >= 0.6 is 0 Å². The Labute approximate surface area is 96.3 Å². The first-order valence-corrected chi connectivity index (χ1v) is 5.31. The number of esters is 3. The van der Waals surface area contributed by atoms with Crippen molar-refractivity contribution in [2.75, 3.05) is 0 Å². The van der Waals surface area contributed by atoms with Crippen LogP contribution in [0, 0.1) is 0 Å². The molecule has 2 unspecified atom stereocenters. The summed E-state index contributed by atoms with van der Waals surface area (Å²) in [5.41, 5.74) is -1.48. The van der Waals surface area contributed by atoms with Crippen molar-refractivity contribution in [2.45, 2.75) is 43.5 Å². The predicted molar refractivity (Wildman–Crippen MR) is 50.4 cm³/mol. The summed E-state index contributed by atoms with van der Waals surface area (Å²) >= 11 is 0. The summed E-state index contributed by atoms with van der Waals surface area (Å²) in [5.74, 6) is -3.48. The molecule has 1 saturated heterocycles. The van der Waals surface area contributed by atoms with E-state index in [4.69, 9.17) is 4.74 Å². The van der Waals surface area contributed by atoms with E-state index in [9.17, 15) is 24.6 Å². The summed E-state index contributed by atoms with van der Waals surface area (Å²) in [4.78, 5) is 34.3. The number of carbonyl (C=O) groups is 3. The van der Waals surface area contributed by atoms with Gasteiger partial charge in [0.2, 0.25) is 5.60 Å². The third-order valence-electron chi connectivity index (χ3n) is 3.05. The molecule has 2 rings (SSSR count). The van der Waals surface area contributed by atoms with Crippen LogP contribution < -0.4 is 0 Å². The molecular formula is C10H12O7. The first kappa shape index (κ1) is 12.0. The minimum atomic E-state index is -2.09. The van der Waals surface area contributed by atoms with Crippen LogP contribution in [-0.4, -0.2) is 45.9 Å². The lowest BCUT2D eigenvalue weighted by atomic mass is 10.0. The van der Waals surface area contributed by atoms with Gasteiger partial charge in [0.05, 0.1) is 0 Å². The molecule has 7 heteroatoms. The zero-order valence-corrected chi connectivity index (χ0v) is 8.92. The Kier molecular flexibility index (Phi) is 2.88. The van der Waals surface area contributed by atoms with E-state index in [1.165, 1.54) is 0 Å². The zero-order valence-electron chi connectivity index (χ0n) is 8.92. The molecule has 0 aromatic rings. The number of cyclic esters (lactones) is 2. The quantitative estimate of drug-likeness (QED) is 0.400. The van der Waals surface area contributed by atoms with Crippen molar-refractivity contribution < 1.29 is 34.1 Å². The topological polar surface area (TPSA) is 110 Å². The molecule has 0 radical (unpaired) electrons. The van der Waals surface area contributed by atoms with Gasteiger partial charge in [0.25, 0.3) is 0 Å². The maximum Gasteiger partial charge on any atom is 0.358 e. The Bertz CT molecular complexity index is 369. The van der Waals surface area contributed by atoms with Gasteiger partial charge in [-0.15, -0.1) is 0 Å². The molecule has 2 fully saturated rings. The molecule has 0 aromatic heterocycles. The Morgan fingerprint density at radius 1 is 1.00 bits per heavy atom. The Morgan fingerprint density at radius 3 is 2.12 bits per heavy atom. The first-order chi connectivity index (χ1) is 7.96. The van der Waals surface area contributed by atoms with Crippen molar-refractivity contribution >= 4 is 17.9 Å². The Balaban J connectivity index is 2.30. The van der Waals surface area contributed by atoms with E-state index in [1.807, 2.05) is 0 Å². The summed E-state index contributed by atoms with van der Waals surface area (Å²) in [6.07, 6.45) is -2.27. The third-order valence-corrected chi connectivity index (χ3v) is 3.05. The predicted octanol–water partition coefficient (Wildman–Crippen LogP) is -1.35. The number of carbonyl (C=O) groups excluding carboxylic acids is 3. The van der Waals surface area contributed by atoms with Gasteiger partial charge in [0.15, 0.2) is 12.2 Å². The number of rotatable bonds is 0. The van der Waals surface area contributed by atoms with E-state index in [0.717, 1.165) is 0 Å². The van der Waals surface area contributed by atoms with Gasteiger partial charge in [0.1, 0.15) is 0 Å². The molecule has 1 aliphatic heterocycles. The molecule has 1 aliphatic carbocycles. The number of aliphatic hydroxyl groups excluding tert-OH is 2. The molecule has 0 amide bonds. The number of hydrogen-bond donors (Lipinski definition) is 2. The van der Waals surface area contributed by atoms with E-state index >= 15 is 0 Å². The molecule has 0 aromatic carbocycles. The molecule has 2 atom stereocenters. The van der Waals surface area contributed by atoms with Gasteiger partial charge in [-0.25, -0.2) is 14.4 Å². The molecule has 2 aliphatic rings. The van der Waals surface area contributed by atoms with Crippen LogP contribution in [0.15, 0.2) is 0 Å². The summed E-state index contributed by atoms with van der Waals surface area (Å²) in [6.45, 7) is 0. The highest BCUT2D eigenvalue weighted by molar-refractivity contribution is 5.98. The lowest BCUT2D eigenvalue weighted by Gasteiger charge is -2.30. The van der Waals surface area contributed by atoms with E-state index in [0.29, 0.717) is 12.8 Å². The number of ether oxygens (including phenoxy) is 2. The second-order valence-corrected chi connectivity index (χ2v) is 4.22. The maximum atomic E-state index is 11.7. The molecule has 1 spiro atoms. The highest BCUT2D eigenvalue weighted by Gasteiger charge is 2.52. The summed E-state index contributed by atoms with van der Waals surface area (Å²) < 4.78 is 9.30. The molecule has 0 bridgehead atoms. The lowest BCUT2D eigenvalue weighted by Crippen LogP contribution is -2.53. The van der Waals surface area contributed by atoms with Crippen LogP contribution in [-0.2, 0) is 23.9 Å². The van der Waals surface area contributed by atoms with Crippen molar-refractivity contribution in [3.05, 3.63) is 0 Å². The highest BCUT2D eigenvalue weighted by Crippen LogP contribution is 2.35. The minimum absolute atomic E-state index is 0.258. The molecule has 7 nitrogen and oxygen atoms in total. The normalized spacial score (nSPS) is 32.9. The number of hydrogen-bond acceptors (Lipinski definition) is 7. The smallest absolute Gasteiger partial charge is 0.358 e. The van der Waals surface area contributed by atoms with Gasteiger partial charge in [-0.2, -0.15) is 0 Å². The van der Waals surface area contributed by atoms with Crippen LogP contribution in [0.25, 0.3) is 0 Å². The molecule has 1 heterocycles. The van der Waals surface area contributed by atoms with Gasteiger partial charge >= 0.3 is 17.9 Å². The van der Waals surface area contributed by atoms with Gasteiger partial charge in [-0.05, 0) is 25.7 Å². The van der Waals surface area contributed by atoms with E-state index in [2.05, 4.69) is 4.74 Å². The summed E-state index contributed by atoms with van der Waals surface area (Å²) in [7, 11) is 0. The fraction of sp³-hybridized carbons (Fsp3) is 0.700. The van der Waals surface area contributed by atoms with Crippen molar-refractivity contribution in [1.82, 2.24) is 0 Å². The average molecular weight is 244 g/mol. The number of aliphatic hydroxyl groups is 2. The van der Waals surface area contributed by atoms with Crippen LogP contribution in [0.1, 0.15) is 25.7 Å². The van der Waals surface area contributed by atoms with E-state index in [1.54, 1.807) is 0 Å². The van der Waals surface area contributed by atoms with E-state index < -0.39 is 35.7 Å². The van der Waals surface area contributed by atoms with Crippen LogP contribution in [0.2, 0.25) is 0 Å². The van der Waals surface area contributed by atoms with Gasteiger partial charge < -0.3 is 19.7 Å². The van der Waals surface area contributed by atoms with Crippen LogP contribution in [0.3, 0.4) is 0 Å². The minimum Gasteiger partial charge on any atom is -0.445 e. The van der Waals surface area contributed by atoms with Gasteiger partial charge in [0, 0.05) is 0 Å². The van der Waals surface area contributed by atoms with Crippen molar-refractivity contribution in [2.24, 2.45) is 0 Å². The average Bonchev–Trinajstić information content (AvgIpc) is 2.75. The molecule has 2 N–H and O–H groups in total. The lowest BCUT2D eigenvalue weighted by molar-refractivity contribution is -0.205. The largest absolute Gasteiger partial charge is 0.445 e. The monoisotopic (exact) mass is 244 g/mol. The maximum absolute atomic E-state index is 11.7. The highest BCUT2D eigenvalue weighted by atomic mass is 16.6. The Hall–Kier alpha value is -1.47. The van der Waals surface area contributed by atoms with Gasteiger partial charge in [-0.1, -0.05) is 0 Å². The van der Waals surface area contributed by atoms with Crippen molar-refractivity contribution in [1.29, 1.82) is 0 Å². The van der Waals surface area contributed by atoms with Crippen LogP contribution in [0.5, 0.6) is 0 Å². The molecule has 17 heavy (non-hydrogen) atoms. The summed E-state index contributed by atoms with van der Waals surface area (Å²) in [5, 5.41) is 18.5. The van der Waals surface area contributed by atoms with Gasteiger partial charge in [-0.3, -0.25) is 0 Å².